The van der Waals surface area contributed by atoms with Gasteiger partial charge in [0.1, 0.15) is 0 Å². The third-order valence-electron chi connectivity index (χ3n) is 6.07. The number of rotatable bonds is 6. The van der Waals surface area contributed by atoms with Gasteiger partial charge < -0.3 is 10.2 Å². The van der Waals surface area contributed by atoms with Gasteiger partial charge in [-0.2, -0.15) is 0 Å². The molecule has 1 saturated heterocycles. The van der Waals surface area contributed by atoms with Gasteiger partial charge in [-0.25, -0.2) is 8.42 Å². The van der Waals surface area contributed by atoms with E-state index in [0.29, 0.717) is 17.2 Å². The zero-order valence-electron chi connectivity index (χ0n) is 20.6. The van der Waals surface area contributed by atoms with Crippen molar-refractivity contribution >= 4 is 27.3 Å². The Morgan fingerprint density at radius 2 is 1.64 bits per heavy atom. The summed E-state index contributed by atoms with van der Waals surface area (Å²) >= 11 is 0. The fraction of sp³-hybridized carbons (Fsp3) is 0.500. The van der Waals surface area contributed by atoms with Gasteiger partial charge in [-0.15, -0.1) is 0 Å². The highest BCUT2D eigenvalue weighted by Crippen LogP contribution is 2.30. The molecule has 1 amide bonds. The van der Waals surface area contributed by atoms with Gasteiger partial charge in [-0.1, -0.05) is 39.8 Å². The van der Waals surface area contributed by atoms with E-state index < -0.39 is 10.0 Å². The van der Waals surface area contributed by atoms with Crippen LogP contribution in [0.1, 0.15) is 70.3 Å². The second kappa shape index (κ2) is 9.75. The number of carbonyl (C=O) groups is 1. The highest BCUT2D eigenvalue weighted by atomic mass is 32.2. The minimum Gasteiger partial charge on any atom is -0.371 e. The molecule has 0 radical (unpaired) electrons. The Kier molecular flexibility index (Phi) is 7.42. The van der Waals surface area contributed by atoms with E-state index in [1.54, 1.807) is 24.3 Å². The Bertz CT molecular complexity index is 1080. The van der Waals surface area contributed by atoms with Crippen LogP contribution in [-0.4, -0.2) is 33.5 Å². The van der Waals surface area contributed by atoms with Gasteiger partial charge >= 0.3 is 0 Å². The zero-order valence-corrected chi connectivity index (χ0v) is 21.4. The molecule has 1 heterocycles. The largest absolute Gasteiger partial charge is 0.371 e. The molecule has 0 bridgehead atoms. The lowest BCUT2D eigenvalue weighted by Gasteiger charge is -2.33. The molecule has 0 aliphatic carbocycles. The molecule has 7 heteroatoms. The van der Waals surface area contributed by atoms with E-state index in [1.807, 2.05) is 32.0 Å². The molecular weight excluding hydrogens is 434 g/mol. The van der Waals surface area contributed by atoms with E-state index in [1.165, 1.54) is 0 Å². The summed E-state index contributed by atoms with van der Waals surface area (Å²) in [5.74, 6) is 0.471. The summed E-state index contributed by atoms with van der Waals surface area (Å²) in [4.78, 5) is 15.4. The summed E-state index contributed by atoms with van der Waals surface area (Å²) < 4.78 is 28.7. The van der Waals surface area contributed by atoms with Crippen LogP contribution >= 0.6 is 0 Å². The molecule has 0 aromatic heterocycles. The van der Waals surface area contributed by atoms with Crippen LogP contribution in [0.15, 0.2) is 47.4 Å². The van der Waals surface area contributed by atoms with Gasteiger partial charge in [0.05, 0.1) is 10.5 Å². The van der Waals surface area contributed by atoms with Gasteiger partial charge in [0.15, 0.2) is 0 Å². The molecule has 6 nitrogen and oxygen atoms in total. The number of sulfonamides is 1. The number of anilines is 2. The van der Waals surface area contributed by atoms with Crippen molar-refractivity contribution in [1.29, 1.82) is 0 Å². The Labute approximate surface area is 198 Å². The van der Waals surface area contributed by atoms with Gasteiger partial charge in [-0.05, 0) is 73.9 Å². The third-order valence-corrected chi connectivity index (χ3v) is 7.47. The van der Waals surface area contributed by atoms with E-state index in [0.717, 1.165) is 37.2 Å². The highest BCUT2D eigenvalue weighted by Gasteiger charge is 2.23. The monoisotopic (exact) mass is 471 g/mol. The Hall–Kier alpha value is -2.54. The molecule has 2 N–H and O–H groups in total. The highest BCUT2D eigenvalue weighted by molar-refractivity contribution is 7.92. The van der Waals surface area contributed by atoms with E-state index in [-0.39, 0.29) is 22.3 Å². The predicted molar refractivity (Wildman–Crippen MR) is 136 cm³/mol. The smallest absolute Gasteiger partial charge is 0.261 e. The first kappa shape index (κ1) is 25.1. The van der Waals surface area contributed by atoms with Crippen LogP contribution in [0.4, 0.5) is 11.4 Å². The number of amides is 1. The molecule has 1 fully saturated rings. The van der Waals surface area contributed by atoms with Crippen molar-refractivity contribution in [3.63, 3.8) is 0 Å². The first-order valence-electron chi connectivity index (χ1n) is 11.7. The fourth-order valence-corrected chi connectivity index (χ4v) is 5.04. The maximum absolute atomic E-state index is 13.0. The van der Waals surface area contributed by atoms with Crippen molar-refractivity contribution in [1.82, 2.24) is 5.32 Å². The first-order valence-corrected chi connectivity index (χ1v) is 13.2. The lowest BCUT2D eigenvalue weighted by Crippen LogP contribution is -2.36. The molecule has 0 atom stereocenters. The van der Waals surface area contributed by atoms with Crippen molar-refractivity contribution in [2.24, 2.45) is 5.92 Å². The van der Waals surface area contributed by atoms with E-state index >= 15 is 0 Å². The molecule has 1 aliphatic rings. The molecule has 2 aromatic carbocycles. The van der Waals surface area contributed by atoms with Crippen molar-refractivity contribution in [3.05, 3.63) is 53.6 Å². The van der Waals surface area contributed by atoms with Crippen LogP contribution in [0.5, 0.6) is 0 Å². The average molecular weight is 472 g/mol. The summed E-state index contributed by atoms with van der Waals surface area (Å²) in [6.07, 6.45) is 2.15. The molecule has 180 valence electrons. The second-order valence-electron chi connectivity index (χ2n) is 10.4. The number of piperidine rings is 1. The van der Waals surface area contributed by atoms with E-state index in [4.69, 9.17) is 0 Å². The van der Waals surface area contributed by atoms with Crippen molar-refractivity contribution in [2.45, 2.75) is 70.7 Å². The molecule has 2 aromatic rings. The number of hydrogen-bond donors (Lipinski definition) is 2. The third kappa shape index (κ3) is 6.28. The van der Waals surface area contributed by atoms with Crippen LogP contribution in [0, 0.1) is 5.92 Å². The zero-order chi connectivity index (χ0) is 24.4. The van der Waals surface area contributed by atoms with Gasteiger partial charge in [-0.3, -0.25) is 9.52 Å². The quantitative estimate of drug-likeness (QED) is 0.610. The number of nitrogens with one attached hydrogen (secondary N) is 2. The van der Waals surface area contributed by atoms with Crippen molar-refractivity contribution < 1.29 is 13.2 Å². The summed E-state index contributed by atoms with van der Waals surface area (Å²) in [6, 6.07) is 12.1. The maximum Gasteiger partial charge on any atom is 0.261 e. The first-order chi connectivity index (χ1) is 15.4. The topological polar surface area (TPSA) is 78.5 Å². The van der Waals surface area contributed by atoms with Crippen LogP contribution in [0.3, 0.4) is 0 Å². The fourth-order valence-electron chi connectivity index (χ4n) is 3.99. The summed E-state index contributed by atoms with van der Waals surface area (Å²) in [7, 11) is -3.78. The summed E-state index contributed by atoms with van der Waals surface area (Å²) in [5, 5.41) is 2.95. The van der Waals surface area contributed by atoms with Crippen LogP contribution in [0.25, 0.3) is 0 Å². The maximum atomic E-state index is 13.0. The predicted octanol–water partition coefficient (Wildman–Crippen LogP) is 5.16. The summed E-state index contributed by atoms with van der Waals surface area (Å²) in [5.41, 5.74) is 2.71. The number of hydrogen-bond acceptors (Lipinski definition) is 4. The Balaban J connectivity index is 1.90. The Morgan fingerprint density at radius 3 is 2.18 bits per heavy atom. The standard InChI is InChI=1S/C26H37N3O3S/c1-18(2)27-25(30)23-17-21(9-12-24(23)29-15-13-19(3)14-16-29)28-33(31,32)22-10-7-20(8-11-22)26(4,5)6/h7-12,17-19,28H,13-16H2,1-6H3,(H,27,30). The van der Waals surface area contributed by atoms with Gasteiger partial charge in [0.25, 0.3) is 15.9 Å². The van der Waals surface area contributed by atoms with Gasteiger partial charge in [0.2, 0.25) is 0 Å². The number of benzene rings is 2. The lowest BCUT2D eigenvalue weighted by molar-refractivity contribution is 0.0943. The Morgan fingerprint density at radius 1 is 1.03 bits per heavy atom. The molecule has 0 saturated carbocycles. The van der Waals surface area contributed by atoms with Crippen molar-refractivity contribution in [2.75, 3.05) is 22.7 Å². The molecule has 33 heavy (non-hydrogen) atoms. The molecule has 0 spiro atoms. The lowest BCUT2D eigenvalue weighted by atomic mass is 9.87. The molecule has 3 rings (SSSR count). The number of nitrogens with zero attached hydrogens (tertiary/aromatic N) is 1. The van der Waals surface area contributed by atoms with Gasteiger partial charge in [0, 0.05) is 30.5 Å². The van der Waals surface area contributed by atoms with E-state index in [2.05, 4.69) is 42.6 Å². The second-order valence-corrected chi connectivity index (χ2v) is 12.1. The SMILES string of the molecule is CC1CCN(c2ccc(NS(=O)(=O)c3ccc(C(C)(C)C)cc3)cc2C(=O)NC(C)C)CC1. The molecule has 0 unspecified atom stereocenters. The normalized spacial score (nSPS) is 15.5. The minimum atomic E-state index is -3.78. The minimum absolute atomic E-state index is 0.0200. The number of carbonyl (C=O) groups excluding carboxylic acids is 1. The van der Waals surface area contributed by atoms with Crippen LogP contribution < -0.4 is 14.9 Å². The molecular formula is C26H37N3O3S. The summed E-state index contributed by atoms with van der Waals surface area (Å²) in [6.45, 7) is 14.1. The van der Waals surface area contributed by atoms with Crippen LogP contribution in [-0.2, 0) is 15.4 Å². The van der Waals surface area contributed by atoms with E-state index in [9.17, 15) is 13.2 Å². The molecule has 1 aliphatic heterocycles. The van der Waals surface area contributed by atoms with Crippen LogP contribution in [0.2, 0.25) is 0 Å². The van der Waals surface area contributed by atoms with Crippen molar-refractivity contribution in [3.8, 4) is 0 Å². The average Bonchev–Trinajstić information content (AvgIpc) is 2.73.